The molecule has 4 rings (SSSR count). The van der Waals surface area contributed by atoms with E-state index in [1.54, 1.807) is 12.1 Å². The fraction of sp³-hybridized carbons (Fsp3) is 0.286. The van der Waals surface area contributed by atoms with Crippen LogP contribution in [-0.2, 0) is 4.79 Å². The molecule has 1 aromatic heterocycles. The molecule has 156 valence electrons. The summed E-state index contributed by atoms with van der Waals surface area (Å²) in [6.45, 7) is 2.49. The first kappa shape index (κ1) is 20.6. The lowest BCUT2D eigenvalue weighted by Gasteiger charge is -2.15. The number of rotatable bonds is 9. The largest absolute Gasteiger partial charge is 0.492 e. The number of amides is 1. The summed E-state index contributed by atoms with van der Waals surface area (Å²) in [4.78, 5) is 12.8. The number of para-hydroxylation sites is 2. The molecule has 30 heavy (non-hydrogen) atoms. The van der Waals surface area contributed by atoms with Crippen LogP contribution in [0.15, 0.2) is 52.9 Å². The summed E-state index contributed by atoms with van der Waals surface area (Å²) >= 11 is 2.66. The van der Waals surface area contributed by atoms with Crippen molar-refractivity contribution in [2.45, 2.75) is 35.4 Å². The van der Waals surface area contributed by atoms with Crippen molar-refractivity contribution in [2.75, 3.05) is 11.9 Å². The lowest BCUT2D eigenvalue weighted by atomic mass is 10.1. The van der Waals surface area contributed by atoms with E-state index in [0.717, 1.165) is 29.8 Å². The maximum atomic E-state index is 13.3. The summed E-state index contributed by atoms with van der Waals surface area (Å²) in [5, 5.41) is 14.7. The number of hydrogen-bond donors (Lipinski definition) is 2. The average Bonchev–Trinajstić information content (AvgIpc) is 3.45. The molecule has 0 aliphatic heterocycles. The number of aromatic nitrogens is 2. The summed E-state index contributed by atoms with van der Waals surface area (Å²) in [5.41, 5.74) is 1.53. The van der Waals surface area contributed by atoms with Gasteiger partial charge in [0.1, 0.15) is 16.8 Å². The Bertz CT molecular complexity index is 1010. The van der Waals surface area contributed by atoms with Crippen LogP contribution in [0.25, 0.3) is 0 Å². The molecule has 1 amide bonds. The molecule has 1 saturated carbocycles. The van der Waals surface area contributed by atoms with Gasteiger partial charge in [-0.2, -0.15) is 0 Å². The molecule has 1 aliphatic rings. The van der Waals surface area contributed by atoms with E-state index in [1.165, 1.54) is 35.2 Å². The van der Waals surface area contributed by atoms with Gasteiger partial charge in [0.2, 0.25) is 11.0 Å². The molecular weight excluding hydrogens is 423 g/mol. The Balaban J connectivity index is 1.50. The predicted molar refractivity (Wildman–Crippen MR) is 117 cm³/mol. The third-order valence-electron chi connectivity index (χ3n) is 4.39. The number of ether oxygens (including phenoxy) is 1. The molecule has 0 saturated heterocycles. The Morgan fingerprint density at radius 2 is 2.00 bits per heavy atom. The smallest absolute Gasteiger partial charge is 0.238 e. The third-order valence-corrected chi connectivity index (χ3v) is 6.57. The van der Waals surface area contributed by atoms with Gasteiger partial charge in [-0.05, 0) is 49.6 Å². The van der Waals surface area contributed by atoms with Gasteiger partial charge in [-0.15, -0.1) is 10.2 Å². The summed E-state index contributed by atoms with van der Waals surface area (Å²) in [7, 11) is 0. The first-order chi connectivity index (χ1) is 14.6. The monoisotopic (exact) mass is 444 g/mol. The molecule has 6 nitrogen and oxygen atoms in total. The molecule has 2 N–H and O–H groups in total. The molecule has 2 aromatic carbocycles. The highest BCUT2D eigenvalue weighted by molar-refractivity contribution is 8.01. The van der Waals surface area contributed by atoms with Crippen LogP contribution in [0.4, 0.5) is 15.2 Å². The van der Waals surface area contributed by atoms with Crippen molar-refractivity contribution in [1.82, 2.24) is 15.5 Å². The number of nitrogens with one attached hydrogen (secondary N) is 2. The predicted octanol–water partition coefficient (Wildman–Crippen LogP) is 4.93. The van der Waals surface area contributed by atoms with Crippen LogP contribution in [0.1, 0.15) is 30.6 Å². The van der Waals surface area contributed by atoms with Gasteiger partial charge in [-0.25, -0.2) is 4.39 Å². The van der Waals surface area contributed by atoms with Crippen LogP contribution in [0.3, 0.4) is 0 Å². The fourth-order valence-electron chi connectivity index (χ4n) is 2.79. The van der Waals surface area contributed by atoms with E-state index in [9.17, 15) is 9.18 Å². The van der Waals surface area contributed by atoms with E-state index in [0.29, 0.717) is 16.1 Å². The second-order valence-corrected chi connectivity index (χ2v) is 9.09. The van der Waals surface area contributed by atoms with Gasteiger partial charge < -0.3 is 15.4 Å². The Labute approximate surface area is 182 Å². The molecule has 9 heteroatoms. The van der Waals surface area contributed by atoms with Crippen molar-refractivity contribution in [3.05, 3.63) is 59.9 Å². The molecule has 0 spiro atoms. The average molecular weight is 445 g/mol. The minimum absolute atomic E-state index is 0.0968. The first-order valence-corrected chi connectivity index (χ1v) is 11.4. The number of carbonyl (C=O) groups is 1. The number of nitrogens with zero attached hydrogens (tertiary/aromatic N) is 2. The van der Waals surface area contributed by atoms with Gasteiger partial charge in [0.15, 0.2) is 4.34 Å². The molecule has 3 aromatic rings. The van der Waals surface area contributed by atoms with Crippen LogP contribution in [0.5, 0.6) is 5.75 Å². The topological polar surface area (TPSA) is 76.1 Å². The SMILES string of the molecule is CCOc1ccccc1Nc1nnc(SC(C(=O)NC2CC2)c2ccc(F)cc2)s1. The molecule has 1 unspecified atom stereocenters. The molecule has 1 atom stereocenters. The highest BCUT2D eigenvalue weighted by Crippen LogP contribution is 2.39. The minimum Gasteiger partial charge on any atom is -0.492 e. The van der Waals surface area contributed by atoms with Crippen LogP contribution < -0.4 is 15.4 Å². The van der Waals surface area contributed by atoms with Gasteiger partial charge >= 0.3 is 0 Å². The van der Waals surface area contributed by atoms with Crippen LogP contribution in [0.2, 0.25) is 0 Å². The van der Waals surface area contributed by atoms with Crippen LogP contribution in [0, 0.1) is 5.82 Å². The number of thioether (sulfide) groups is 1. The normalized spacial score (nSPS) is 14.2. The number of carbonyl (C=O) groups excluding carboxylic acids is 1. The highest BCUT2D eigenvalue weighted by atomic mass is 32.2. The lowest BCUT2D eigenvalue weighted by Crippen LogP contribution is -2.29. The Kier molecular flexibility index (Phi) is 6.49. The van der Waals surface area contributed by atoms with Crippen molar-refractivity contribution >= 4 is 39.8 Å². The van der Waals surface area contributed by atoms with Crippen molar-refractivity contribution in [2.24, 2.45) is 0 Å². The Morgan fingerprint density at radius 1 is 1.23 bits per heavy atom. The number of halogens is 1. The van der Waals surface area contributed by atoms with Crippen molar-refractivity contribution in [1.29, 1.82) is 0 Å². The van der Waals surface area contributed by atoms with Crippen LogP contribution >= 0.6 is 23.1 Å². The van der Waals surface area contributed by atoms with Crippen molar-refractivity contribution in [3.8, 4) is 5.75 Å². The zero-order valence-electron chi connectivity index (χ0n) is 16.3. The van der Waals surface area contributed by atoms with E-state index in [1.807, 2.05) is 31.2 Å². The maximum absolute atomic E-state index is 13.3. The zero-order chi connectivity index (χ0) is 20.9. The highest BCUT2D eigenvalue weighted by Gasteiger charge is 2.30. The minimum atomic E-state index is -0.525. The van der Waals surface area contributed by atoms with E-state index in [-0.39, 0.29) is 17.8 Å². The van der Waals surface area contributed by atoms with E-state index in [4.69, 9.17) is 4.74 Å². The number of anilines is 2. The van der Waals surface area contributed by atoms with E-state index in [2.05, 4.69) is 20.8 Å². The molecule has 1 fully saturated rings. The summed E-state index contributed by atoms with van der Waals surface area (Å²) < 4.78 is 19.6. The summed E-state index contributed by atoms with van der Waals surface area (Å²) in [6, 6.07) is 13.9. The molecule has 1 heterocycles. The Morgan fingerprint density at radius 3 is 2.73 bits per heavy atom. The van der Waals surface area contributed by atoms with Gasteiger partial charge in [0.25, 0.3) is 0 Å². The van der Waals surface area contributed by atoms with Gasteiger partial charge in [-0.3, -0.25) is 4.79 Å². The zero-order valence-corrected chi connectivity index (χ0v) is 17.9. The maximum Gasteiger partial charge on any atom is 0.238 e. The standard InChI is InChI=1S/C21H21FN4O2S2/c1-2-28-17-6-4-3-5-16(17)24-20-25-26-21(30-20)29-18(19(27)23-15-11-12-15)13-7-9-14(22)10-8-13/h3-10,15,18H,2,11-12H2,1H3,(H,23,27)(H,24,25). The van der Waals surface area contributed by atoms with Gasteiger partial charge in [0, 0.05) is 6.04 Å². The second-order valence-electron chi connectivity index (χ2n) is 6.76. The quantitative estimate of drug-likeness (QED) is 0.456. The van der Waals surface area contributed by atoms with Gasteiger partial charge in [-0.1, -0.05) is 47.4 Å². The third kappa shape index (κ3) is 5.28. The molecule has 0 radical (unpaired) electrons. The first-order valence-electron chi connectivity index (χ1n) is 9.67. The van der Waals surface area contributed by atoms with Crippen LogP contribution in [-0.4, -0.2) is 28.8 Å². The Hall–Kier alpha value is -2.65. The molecule has 1 aliphatic carbocycles. The number of benzene rings is 2. The van der Waals surface area contributed by atoms with Crippen molar-refractivity contribution < 1.29 is 13.9 Å². The summed E-state index contributed by atoms with van der Waals surface area (Å²) in [6.07, 6.45) is 2.00. The summed E-state index contributed by atoms with van der Waals surface area (Å²) in [5.74, 6) is 0.304. The van der Waals surface area contributed by atoms with E-state index < -0.39 is 5.25 Å². The van der Waals surface area contributed by atoms with Crippen molar-refractivity contribution in [3.63, 3.8) is 0 Å². The molecule has 0 bridgehead atoms. The second kappa shape index (κ2) is 9.44. The fourth-order valence-corrected chi connectivity index (χ4v) is 4.76. The molecular formula is C21H21FN4O2S2. The van der Waals surface area contributed by atoms with E-state index >= 15 is 0 Å². The number of hydrogen-bond acceptors (Lipinski definition) is 7. The lowest BCUT2D eigenvalue weighted by molar-refractivity contribution is -0.120. The van der Waals surface area contributed by atoms with Gasteiger partial charge in [0.05, 0.1) is 12.3 Å².